The zero-order valence-electron chi connectivity index (χ0n) is 11.3. The van der Waals surface area contributed by atoms with Crippen LogP contribution in [0.1, 0.15) is 36.2 Å². The van der Waals surface area contributed by atoms with E-state index in [2.05, 4.69) is 0 Å². The second-order valence-corrected chi connectivity index (χ2v) is 4.60. The monoisotopic (exact) mass is 266 g/mol. The van der Waals surface area contributed by atoms with Gasteiger partial charge >= 0.3 is 11.9 Å². The molecule has 5 nitrogen and oxygen atoms in total. The highest BCUT2D eigenvalue weighted by atomic mass is 16.5. The first-order valence-electron chi connectivity index (χ1n) is 6.00. The molecule has 0 atom stereocenters. The zero-order chi connectivity index (χ0) is 14.4. The van der Waals surface area contributed by atoms with Crippen LogP contribution in [0.5, 0.6) is 5.75 Å². The van der Waals surface area contributed by atoms with Crippen molar-refractivity contribution in [3.63, 3.8) is 0 Å². The number of carbonyl (C=O) groups is 2. The van der Waals surface area contributed by atoms with Crippen molar-refractivity contribution in [2.45, 2.75) is 26.9 Å². The normalized spacial score (nSPS) is 12.3. The van der Waals surface area contributed by atoms with E-state index in [0.29, 0.717) is 17.9 Å². The third kappa shape index (κ3) is 4.62. The standard InChI is InChI=1S/C9H8O3.C5H10O2/c1-11-8-4-6-2-3-7(8)9(10)12-5-6;1-4(2)3-5(6)7/h2-4H,5H2,1H3;4H,3H2,1-2H3,(H,6,7). The molecule has 19 heavy (non-hydrogen) atoms. The number of methoxy groups -OCH3 is 1. The van der Waals surface area contributed by atoms with Crippen LogP contribution in [0.3, 0.4) is 0 Å². The van der Waals surface area contributed by atoms with Crippen LogP contribution in [0.2, 0.25) is 0 Å². The van der Waals surface area contributed by atoms with E-state index in [-0.39, 0.29) is 18.3 Å². The van der Waals surface area contributed by atoms with Gasteiger partial charge in [-0.1, -0.05) is 19.9 Å². The highest BCUT2D eigenvalue weighted by molar-refractivity contribution is 5.93. The number of carbonyl (C=O) groups excluding carboxylic acids is 1. The van der Waals surface area contributed by atoms with Crippen LogP contribution in [-0.4, -0.2) is 24.2 Å². The maximum Gasteiger partial charge on any atom is 0.342 e. The topological polar surface area (TPSA) is 72.8 Å². The van der Waals surface area contributed by atoms with E-state index < -0.39 is 5.97 Å². The Labute approximate surface area is 112 Å². The molecule has 0 fully saturated rings. The van der Waals surface area contributed by atoms with Gasteiger partial charge in [-0.2, -0.15) is 0 Å². The average Bonchev–Trinajstić information content (AvgIpc) is 2.59. The molecule has 0 unspecified atom stereocenters. The van der Waals surface area contributed by atoms with Gasteiger partial charge in [0.15, 0.2) is 0 Å². The van der Waals surface area contributed by atoms with Gasteiger partial charge in [0.25, 0.3) is 0 Å². The summed E-state index contributed by atoms with van der Waals surface area (Å²) in [6.07, 6.45) is 0.278. The van der Waals surface area contributed by atoms with Gasteiger partial charge in [-0.25, -0.2) is 4.79 Å². The van der Waals surface area contributed by atoms with Crippen LogP contribution in [0.4, 0.5) is 0 Å². The highest BCUT2D eigenvalue weighted by Crippen LogP contribution is 2.25. The summed E-state index contributed by atoms with van der Waals surface area (Å²) in [5.41, 5.74) is 1.46. The Balaban J connectivity index is 0.000000224. The summed E-state index contributed by atoms with van der Waals surface area (Å²) in [6.45, 7) is 4.11. The molecule has 0 spiro atoms. The number of aliphatic carboxylic acids is 1. The van der Waals surface area contributed by atoms with Crippen molar-refractivity contribution < 1.29 is 24.2 Å². The Hall–Kier alpha value is -2.04. The van der Waals surface area contributed by atoms with Crippen molar-refractivity contribution >= 4 is 11.9 Å². The first-order valence-corrected chi connectivity index (χ1v) is 6.00. The molecule has 0 amide bonds. The molecule has 2 aliphatic rings. The minimum absolute atomic E-state index is 0.275. The summed E-state index contributed by atoms with van der Waals surface area (Å²) < 4.78 is 9.94. The Morgan fingerprint density at radius 2 is 2.16 bits per heavy atom. The molecule has 0 radical (unpaired) electrons. The lowest BCUT2D eigenvalue weighted by Crippen LogP contribution is -2.01. The molecule has 0 saturated heterocycles. The van der Waals surface area contributed by atoms with Crippen LogP contribution >= 0.6 is 0 Å². The Morgan fingerprint density at radius 1 is 1.47 bits per heavy atom. The minimum Gasteiger partial charge on any atom is -0.496 e. The highest BCUT2D eigenvalue weighted by Gasteiger charge is 2.18. The van der Waals surface area contributed by atoms with Gasteiger partial charge in [0.05, 0.1) is 7.11 Å². The van der Waals surface area contributed by atoms with Crippen molar-refractivity contribution in [1.29, 1.82) is 0 Å². The molecule has 1 aromatic rings. The summed E-state index contributed by atoms with van der Waals surface area (Å²) >= 11 is 0. The Morgan fingerprint density at radius 3 is 2.63 bits per heavy atom. The third-order valence-electron chi connectivity index (χ3n) is 2.44. The predicted molar refractivity (Wildman–Crippen MR) is 69.2 cm³/mol. The van der Waals surface area contributed by atoms with Crippen molar-refractivity contribution in [2.75, 3.05) is 7.11 Å². The van der Waals surface area contributed by atoms with E-state index in [1.165, 1.54) is 0 Å². The summed E-state index contributed by atoms with van der Waals surface area (Å²) in [4.78, 5) is 21.0. The van der Waals surface area contributed by atoms with Gasteiger partial charge in [0, 0.05) is 6.42 Å². The number of esters is 1. The summed E-state index contributed by atoms with van der Waals surface area (Å²) in [6, 6.07) is 5.41. The Bertz CT molecular complexity index is 465. The number of hydrogen-bond acceptors (Lipinski definition) is 4. The number of hydrogen-bond donors (Lipinski definition) is 1. The fraction of sp³-hybridized carbons (Fsp3) is 0.429. The Kier molecular flexibility index (Phi) is 5.36. The molecule has 0 saturated carbocycles. The molecule has 2 heterocycles. The van der Waals surface area contributed by atoms with Gasteiger partial charge in [0.2, 0.25) is 0 Å². The molecular weight excluding hydrogens is 248 g/mol. The van der Waals surface area contributed by atoms with Gasteiger partial charge in [-0.15, -0.1) is 0 Å². The fourth-order valence-electron chi connectivity index (χ4n) is 1.57. The smallest absolute Gasteiger partial charge is 0.342 e. The molecule has 0 aromatic heterocycles. The number of fused-ring (bicyclic) bond motifs is 4. The minimum atomic E-state index is -0.713. The largest absolute Gasteiger partial charge is 0.496 e. The van der Waals surface area contributed by atoms with E-state index in [1.54, 1.807) is 13.2 Å². The third-order valence-corrected chi connectivity index (χ3v) is 2.44. The van der Waals surface area contributed by atoms with E-state index >= 15 is 0 Å². The van der Waals surface area contributed by atoms with Crippen molar-refractivity contribution in [2.24, 2.45) is 5.92 Å². The maximum absolute atomic E-state index is 11.2. The molecule has 1 aromatic carbocycles. The fourth-order valence-corrected chi connectivity index (χ4v) is 1.57. The molecule has 2 aliphatic heterocycles. The summed E-state index contributed by atoms with van der Waals surface area (Å²) in [5, 5.41) is 8.08. The van der Waals surface area contributed by atoms with Crippen LogP contribution in [0.15, 0.2) is 18.2 Å². The van der Waals surface area contributed by atoms with Crippen molar-refractivity contribution in [3.8, 4) is 5.75 Å². The average molecular weight is 266 g/mol. The lowest BCUT2D eigenvalue weighted by molar-refractivity contribution is -0.137. The zero-order valence-corrected chi connectivity index (χ0v) is 11.3. The van der Waals surface area contributed by atoms with Crippen LogP contribution in [-0.2, 0) is 16.1 Å². The van der Waals surface area contributed by atoms with Crippen LogP contribution in [0.25, 0.3) is 0 Å². The lowest BCUT2D eigenvalue weighted by Gasteiger charge is -2.01. The predicted octanol–water partition coefficient (Wildman–Crippen LogP) is 2.48. The second kappa shape index (κ2) is 6.78. The van der Waals surface area contributed by atoms with E-state index in [0.717, 1.165) is 5.56 Å². The first kappa shape index (κ1) is 15.0. The van der Waals surface area contributed by atoms with E-state index in [1.807, 2.05) is 26.0 Å². The number of benzene rings is 1. The summed E-state index contributed by atoms with van der Waals surface area (Å²) in [7, 11) is 1.54. The molecule has 2 bridgehead atoms. The summed E-state index contributed by atoms with van der Waals surface area (Å²) in [5.74, 6) is -0.158. The number of rotatable bonds is 3. The molecule has 1 N–H and O–H groups in total. The number of ether oxygens (including phenoxy) is 2. The molecule has 3 rings (SSSR count). The second-order valence-electron chi connectivity index (χ2n) is 4.60. The van der Waals surface area contributed by atoms with E-state index in [9.17, 15) is 9.59 Å². The lowest BCUT2D eigenvalue weighted by atomic mass is 10.1. The van der Waals surface area contributed by atoms with Gasteiger partial charge in [-0.3, -0.25) is 4.79 Å². The molecule has 0 aliphatic carbocycles. The number of carboxylic acids is 1. The molecule has 104 valence electrons. The van der Waals surface area contributed by atoms with Gasteiger partial charge in [-0.05, 0) is 23.6 Å². The van der Waals surface area contributed by atoms with Crippen LogP contribution < -0.4 is 4.74 Å². The van der Waals surface area contributed by atoms with Gasteiger partial charge in [0.1, 0.15) is 17.9 Å². The molecular formula is C14H18O5. The van der Waals surface area contributed by atoms with Crippen molar-refractivity contribution in [1.82, 2.24) is 0 Å². The first-order chi connectivity index (χ1) is 8.93. The number of carboxylic acid groups (broad SMARTS) is 1. The van der Waals surface area contributed by atoms with Crippen LogP contribution in [0, 0.1) is 5.92 Å². The SMILES string of the molecule is CC(C)CC(=O)O.COc1cc2ccc1C(=O)OC2. The van der Waals surface area contributed by atoms with Gasteiger partial charge < -0.3 is 14.6 Å². The quantitative estimate of drug-likeness (QED) is 0.851. The van der Waals surface area contributed by atoms with Crippen molar-refractivity contribution in [3.05, 3.63) is 29.3 Å². The maximum atomic E-state index is 11.2. The molecule has 5 heteroatoms. The van der Waals surface area contributed by atoms with E-state index in [4.69, 9.17) is 14.6 Å².